The standard InChI is InChI=1S/C25H17Cl2F5N4O2/c1-35(2)19-9-7-13-21(37)14(11-36(23(13)33-19)18-8-6-12(28)10-17(18)29)24(38)34-22(25(30,31)32)20-15(26)4-3-5-16(20)27/h3-11,22H,1-2H3,(H,34,38). The molecule has 0 aliphatic heterocycles. The van der Waals surface area contributed by atoms with Crippen LogP contribution in [-0.2, 0) is 0 Å². The molecule has 13 heteroatoms. The van der Waals surface area contributed by atoms with E-state index in [9.17, 15) is 31.5 Å². The molecule has 0 aliphatic carbocycles. The van der Waals surface area contributed by atoms with Crippen molar-refractivity contribution in [1.82, 2.24) is 14.9 Å². The lowest BCUT2D eigenvalue weighted by Gasteiger charge is -2.24. The summed E-state index contributed by atoms with van der Waals surface area (Å²) in [6, 6.07) is 6.31. The second-order valence-corrected chi connectivity index (χ2v) is 9.17. The van der Waals surface area contributed by atoms with Gasteiger partial charge in [0.25, 0.3) is 5.91 Å². The summed E-state index contributed by atoms with van der Waals surface area (Å²) in [6.45, 7) is 0. The number of benzene rings is 2. The molecule has 2 aromatic carbocycles. The Morgan fingerprint density at radius 2 is 1.71 bits per heavy atom. The number of alkyl halides is 3. The Morgan fingerprint density at radius 1 is 1.05 bits per heavy atom. The van der Waals surface area contributed by atoms with Crippen LogP contribution in [0.2, 0.25) is 10.0 Å². The highest BCUT2D eigenvalue weighted by Crippen LogP contribution is 2.40. The fraction of sp³-hybridized carbons (Fsp3) is 0.160. The van der Waals surface area contributed by atoms with Crippen molar-refractivity contribution in [2.75, 3.05) is 19.0 Å². The van der Waals surface area contributed by atoms with Crippen LogP contribution in [0.25, 0.3) is 16.7 Å². The van der Waals surface area contributed by atoms with Crippen LogP contribution in [-0.4, -0.2) is 35.7 Å². The van der Waals surface area contributed by atoms with E-state index in [1.165, 1.54) is 30.3 Å². The first-order valence-electron chi connectivity index (χ1n) is 10.8. The molecule has 2 aromatic heterocycles. The van der Waals surface area contributed by atoms with Gasteiger partial charge in [-0.25, -0.2) is 13.8 Å². The first-order valence-corrected chi connectivity index (χ1v) is 11.6. The molecule has 0 saturated carbocycles. The topological polar surface area (TPSA) is 67.2 Å². The van der Waals surface area contributed by atoms with E-state index in [2.05, 4.69) is 4.98 Å². The third-order valence-corrected chi connectivity index (χ3v) is 6.26. The number of halogens is 7. The first kappa shape index (κ1) is 27.3. The average molecular weight is 571 g/mol. The SMILES string of the molecule is CN(C)c1ccc2c(=O)c(C(=O)NC(c3c(Cl)cccc3Cl)C(F)(F)F)cn(-c3ccc(F)cc3F)c2n1. The fourth-order valence-electron chi connectivity index (χ4n) is 3.78. The number of hydrogen-bond donors (Lipinski definition) is 1. The van der Waals surface area contributed by atoms with E-state index in [-0.39, 0.29) is 26.8 Å². The summed E-state index contributed by atoms with van der Waals surface area (Å²) in [6.07, 6.45) is -4.20. The molecular weight excluding hydrogens is 554 g/mol. The van der Waals surface area contributed by atoms with Crippen molar-refractivity contribution >= 4 is 46.0 Å². The molecule has 0 radical (unpaired) electrons. The molecule has 1 atom stereocenters. The maximum absolute atomic E-state index is 14.8. The van der Waals surface area contributed by atoms with Crippen molar-refractivity contribution < 1.29 is 26.7 Å². The predicted octanol–water partition coefficient (Wildman–Crippen LogP) is 6.07. The normalized spacial score (nSPS) is 12.4. The fourth-order valence-corrected chi connectivity index (χ4v) is 4.39. The zero-order valence-corrected chi connectivity index (χ0v) is 21.1. The van der Waals surface area contributed by atoms with E-state index in [0.29, 0.717) is 11.9 Å². The van der Waals surface area contributed by atoms with Gasteiger partial charge in [0.05, 0.1) is 11.1 Å². The largest absolute Gasteiger partial charge is 0.412 e. The van der Waals surface area contributed by atoms with E-state index < -0.39 is 46.3 Å². The first-order chi connectivity index (χ1) is 17.8. The van der Waals surface area contributed by atoms with Crippen LogP contribution in [0.5, 0.6) is 0 Å². The maximum atomic E-state index is 14.8. The van der Waals surface area contributed by atoms with E-state index in [1.54, 1.807) is 24.3 Å². The van der Waals surface area contributed by atoms with Gasteiger partial charge in [-0.2, -0.15) is 13.2 Å². The summed E-state index contributed by atoms with van der Waals surface area (Å²) in [7, 11) is 3.32. The van der Waals surface area contributed by atoms with E-state index >= 15 is 0 Å². The summed E-state index contributed by atoms with van der Waals surface area (Å²) >= 11 is 11.9. The molecular formula is C25H17Cl2F5N4O2. The second-order valence-electron chi connectivity index (χ2n) is 8.36. The zero-order valence-electron chi connectivity index (χ0n) is 19.6. The minimum Gasteiger partial charge on any atom is -0.363 e. The molecule has 0 bridgehead atoms. The van der Waals surface area contributed by atoms with Crippen LogP contribution >= 0.6 is 23.2 Å². The molecule has 2 heterocycles. The summed E-state index contributed by atoms with van der Waals surface area (Å²) in [4.78, 5) is 32.4. The van der Waals surface area contributed by atoms with Crippen molar-refractivity contribution in [2.45, 2.75) is 12.2 Å². The summed E-state index contributed by atoms with van der Waals surface area (Å²) in [5.41, 5.74) is -2.72. The zero-order chi connectivity index (χ0) is 27.9. The Labute approximate surface area is 222 Å². The van der Waals surface area contributed by atoms with Crippen molar-refractivity contribution in [3.8, 4) is 5.69 Å². The van der Waals surface area contributed by atoms with Gasteiger partial charge in [0.2, 0.25) is 5.43 Å². The molecule has 0 spiro atoms. The van der Waals surface area contributed by atoms with Crippen LogP contribution in [0, 0.1) is 11.6 Å². The number of carbonyl (C=O) groups is 1. The number of nitrogens with zero attached hydrogens (tertiary/aromatic N) is 3. The highest BCUT2D eigenvalue weighted by atomic mass is 35.5. The number of rotatable bonds is 5. The number of amides is 1. The van der Waals surface area contributed by atoms with Crippen LogP contribution in [0.1, 0.15) is 22.0 Å². The van der Waals surface area contributed by atoms with Gasteiger partial charge >= 0.3 is 6.18 Å². The average Bonchev–Trinajstić information content (AvgIpc) is 2.83. The molecule has 198 valence electrons. The van der Waals surface area contributed by atoms with Gasteiger partial charge in [0.1, 0.15) is 23.0 Å². The number of pyridine rings is 2. The Hall–Kier alpha value is -3.70. The van der Waals surface area contributed by atoms with Gasteiger partial charge in [0, 0.05) is 42.0 Å². The molecule has 4 rings (SSSR count). The Bertz CT molecular complexity index is 1600. The summed E-state index contributed by atoms with van der Waals surface area (Å²) < 4.78 is 71.5. The molecule has 0 fully saturated rings. The molecule has 0 aliphatic rings. The van der Waals surface area contributed by atoms with Crippen molar-refractivity contribution in [3.63, 3.8) is 0 Å². The Balaban J connectivity index is 1.93. The molecule has 0 saturated heterocycles. The van der Waals surface area contributed by atoms with E-state index in [4.69, 9.17) is 23.2 Å². The van der Waals surface area contributed by atoms with Gasteiger partial charge in [-0.1, -0.05) is 29.3 Å². The smallest absolute Gasteiger partial charge is 0.363 e. The number of nitrogens with one attached hydrogen (secondary N) is 1. The molecule has 1 unspecified atom stereocenters. The lowest BCUT2D eigenvalue weighted by Crippen LogP contribution is -2.40. The number of anilines is 1. The molecule has 38 heavy (non-hydrogen) atoms. The molecule has 4 aromatic rings. The molecule has 6 nitrogen and oxygen atoms in total. The molecule has 1 N–H and O–H groups in total. The lowest BCUT2D eigenvalue weighted by atomic mass is 10.0. The molecule has 1 amide bonds. The van der Waals surface area contributed by atoms with Crippen LogP contribution < -0.4 is 15.6 Å². The highest BCUT2D eigenvalue weighted by molar-refractivity contribution is 6.36. The van der Waals surface area contributed by atoms with Gasteiger partial charge in [-0.15, -0.1) is 0 Å². The minimum atomic E-state index is -5.05. The monoisotopic (exact) mass is 570 g/mol. The van der Waals surface area contributed by atoms with Crippen LogP contribution in [0.4, 0.5) is 27.8 Å². The Morgan fingerprint density at radius 3 is 2.29 bits per heavy atom. The van der Waals surface area contributed by atoms with Crippen molar-refractivity contribution in [3.05, 3.63) is 97.8 Å². The van der Waals surface area contributed by atoms with Crippen LogP contribution in [0.15, 0.2) is 59.5 Å². The number of aromatic nitrogens is 2. The number of carbonyl (C=O) groups excluding carboxylic acids is 1. The number of hydrogen-bond acceptors (Lipinski definition) is 4. The minimum absolute atomic E-state index is 0.107. The van der Waals surface area contributed by atoms with Crippen LogP contribution in [0.3, 0.4) is 0 Å². The predicted molar refractivity (Wildman–Crippen MR) is 134 cm³/mol. The quantitative estimate of drug-likeness (QED) is 0.296. The van der Waals surface area contributed by atoms with Crippen molar-refractivity contribution in [2.24, 2.45) is 0 Å². The third-order valence-electron chi connectivity index (χ3n) is 5.60. The van der Waals surface area contributed by atoms with E-state index in [1.807, 2.05) is 0 Å². The maximum Gasteiger partial charge on any atom is 0.412 e. The number of fused-ring (bicyclic) bond motifs is 1. The van der Waals surface area contributed by atoms with Gasteiger partial charge in [-0.3, -0.25) is 14.2 Å². The Kier molecular flexibility index (Phi) is 7.35. The summed E-state index contributed by atoms with van der Waals surface area (Å²) in [5, 5.41) is 0.878. The van der Waals surface area contributed by atoms with Gasteiger partial charge in [0.15, 0.2) is 11.7 Å². The summed E-state index contributed by atoms with van der Waals surface area (Å²) in [5.74, 6) is -3.02. The van der Waals surface area contributed by atoms with Gasteiger partial charge in [-0.05, 0) is 36.4 Å². The highest BCUT2D eigenvalue weighted by Gasteiger charge is 2.44. The van der Waals surface area contributed by atoms with Crippen molar-refractivity contribution in [1.29, 1.82) is 0 Å². The third kappa shape index (κ3) is 5.16. The lowest BCUT2D eigenvalue weighted by molar-refractivity contribution is -0.155. The van der Waals surface area contributed by atoms with Gasteiger partial charge < -0.3 is 10.2 Å². The second kappa shape index (κ2) is 10.2. The van der Waals surface area contributed by atoms with E-state index in [0.717, 1.165) is 22.9 Å².